The van der Waals surface area contributed by atoms with Crippen LogP contribution in [0.25, 0.3) is 0 Å². The highest BCUT2D eigenvalue weighted by atomic mass is 35.5. The molecule has 0 saturated heterocycles. The maximum Gasteiger partial charge on any atom is 0.132 e. The van der Waals surface area contributed by atoms with Gasteiger partial charge in [0.25, 0.3) is 0 Å². The van der Waals surface area contributed by atoms with E-state index in [1.807, 2.05) is 13.8 Å². The molecule has 2 rings (SSSR count). The number of aryl methyl sites for hydroxylation is 1. The number of benzene rings is 1. The summed E-state index contributed by atoms with van der Waals surface area (Å²) in [5, 5.41) is 15.2. The van der Waals surface area contributed by atoms with Gasteiger partial charge in [0.2, 0.25) is 0 Å². The lowest BCUT2D eigenvalue weighted by Gasteiger charge is -2.13. The molecule has 0 spiro atoms. The highest BCUT2D eigenvalue weighted by Gasteiger charge is 2.23. The van der Waals surface area contributed by atoms with Crippen molar-refractivity contribution in [1.29, 1.82) is 0 Å². The van der Waals surface area contributed by atoms with E-state index in [9.17, 15) is 9.50 Å². The fourth-order valence-corrected chi connectivity index (χ4v) is 2.52. The number of rotatable bonds is 4. The Morgan fingerprint density at radius 2 is 2.10 bits per heavy atom. The predicted octanol–water partition coefficient (Wildman–Crippen LogP) is 3.61. The van der Waals surface area contributed by atoms with Gasteiger partial charge < -0.3 is 5.11 Å². The Morgan fingerprint density at radius 3 is 2.70 bits per heavy atom. The van der Waals surface area contributed by atoms with E-state index in [-0.39, 0.29) is 11.7 Å². The minimum atomic E-state index is -0.796. The van der Waals surface area contributed by atoms with Gasteiger partial charge in [-0.25, -0.2) is 4.39 Å². The zero-order valence-corrected chi connectivity index (χ0v) is 12.5. The molecule has 0 bridgehead atoms. The number of nitrogens with zero attached hydrogens (tertiary/aromatic N) is 2. The van der Waals surface area contributed by atoms with E-state index >= 15 is 0 Å². The molecule has 1 N–H and O–H groups in total. The zero-order chi connectivity index (χ0) is 14.9. The van der Waals surface area contributed by atoms with Crippen LogP contribution in [0.3, 0.4) is 0 Å². The topological polar surface area (TPSA) is 38.0 Å². The largest absolute Gasteiger partial charge is 0.388 e. The van der Waals surface area contributed by atoms with Crippen molar-refractivity contribution in [2.75, 3.05) is 0 Å². The fourth-order valence-electron chi connectivity index (χ4n) is 2.26. The van der Waals surface area contributed by atoms with Gasteiger partial charge in [-0.15, -0.1) is 0 Å². The maximum atomic E-state index is 13.2. The molecule has 0 amide bonds. The molecule has 1 aromatic carbocycles. The van der Waals surface area contributed by atoms with Crippen molar-refractivity contribution in [3.05, 3.63) is 52.1 Å². The number of aliphatic hydroxyl groups excluding tert-OH is 1. The highest BCUT2D eigenvalue weighted by Crippen LogP contribution is 2.32. The molecule has 0 aliphatic heterocycles. The van der Waals surface area contributed by atoms with E-state index in [2.05, 4.69) is 5.10 Å². The van der Waals surface area contributed by atoms with Crippen LogP contribution in [0.4, 0.5) is 4.39 Å². The number of aromatic nitrogens is 2. The molecule has 1 atom stereocenters. The first-order chi connectivity index (χ1) is 9.40. The van der Waals surface area contributed by atoms with Gasteiger partial charge in [0, 0.05) is 19.0 Å². The molecular formula is C15H18ClFN2O. The Balaban J connectivity index is 2.31. The zero-order valence-electron chi connectivity index (χ0n) is 11.8. The van der Waals surface area contributed by atoms with Gasteiger partial charge in [-0.3, -0.25) is 4.68 Å². The SMILES string of the molecule is CC(C)c1nn(C)c(Cl)c1C(O)Cc1cccc(F)c1. The molecule has 0 saturated carbocycles. The molecule has 0 fully saturated rings. The molecule has 2 aromatic rings. The third-order valence-electron chi connectivity index (χ3n) is 3.24. The first-order valence-corrected chi connectivity index (χ1v) is 6.92. The third kappa shape index (κ3) is 3.02. The van der Waals surface area contributed by atoms with Gasteiger partial charge in [0.15, 0.2) is 0 Å². The van der Waals surface area contributed by atoms with Crippen LogP contribution in [0.15, 0.2) is 24.3 Å². The lowest BCUT2D eigenvalue weighted by Crippen LogP contribution is -2.06. The van der Waals surface area contributed by atoms with E-state index in [4.69, 9.17) is 11.6 Å². The van der Waals surface area contributed by atoms with E-state index < -0.39 is 6.10 Å². The van der Waals surface area contributed by atoms with Crippen LogP contribution in [0.5, 0.6) is 0 Å². The van der Waals surface area contributed by atoms with Gasteiger partial charge in [-0.2, -0.15) is 5.10 Å². The van der Waals surface area contributed by atoms with Crippen LogP contribution < -0.4 is 0 Å². The average molecular weight is 297 g/mol. The normalized spacial score (nSPS) is 12.9. The monoisotopic (exact) mass is 296 g/mol. The molecule has 0 aliphatic carbocycles. The van der Waals surface area contributed by atoms with Crippen LogP contribution >= 0.6 is 11.6 Å². The summed E-state index contributed by atoms with van der Waals surface area (Å²) in [4.78, 5) is 0. The van der Waals surface area contributed by atoms with Crippen molar-refractivity contribution in [2.45, 2.75) is 32.3 Å². The van der Waals surface area contributed by atoms with Crippen molar-refractivity contribution in [1.82, 2.24) is 9.78 Å². The van der Waals surface area contributed by atoms with Crippen LogP contribution in [-0.4, -0.2) is 14.9 Å². The summed E-state index contributed by atoms with van der Waals surface area (Å²) in [7, 11) is 1.74. The van der Waals surface area contributed by atoms with Gasteiger partial charge >= 0.3 is 0 Å². The van der Waals surface area contributed by atoms with Crippen LogP contribution in [0, 0.1) is 5.82 Å². The molecule has 1 aromatic heterocycles. The van der Waals surface area contributed by atoms with E-state index in [0.717, 1.165) is 11.3 Å². The summed E-state index contributed by atoms with van der Waals surface area (Å²) in [5.41, 5.74) is 2.14. The van der Waals surface area contributed by atoms with E-state index in [1.54, 1.807) is 23.9 Å². The Hall–Kier alpha value is -1.39. The molecule has 1 unspecified atom stereocenters. The standard InChI is InChI=1S/C15H18ClFN2O/c1-9(2)14-13(15(16)19(3)18-14)12(20)8-10-5-4-6-11(17)7-10/h4-7,9,12,20H,8H2,1-3H3. The summed E-state index contributed by atoms with van der Waals surface area (Å²) >= 11 is 6.22. The molecule has 0 radical (unpaired) electrons. The average Bonchev–Trinajstić information content (AvgIpc) is 2.66. The summed E-state index contributed by atoms with van der Waals surface area (Å²) in [6, 6.07) is 6.21. The molecule has 108 valence electrons. The van der Waals surface area contributed by atoms with Crippen molar-refractivity contribution < 1.29 is 9.50 Å². The molecule has 20 heavy (non-hydrogen) atoms. The Bertz CT molecular complexity index is 610. The minimum Gasteiger partial charge on any atom is -0.388 e. The van der Waals surface area contributed by atoms with Crippen molar-refractivity contribution in [3.63, 3.8) is 0 Å². The first kappa shape index (κ1) is 15.0. The fraction of sp³-hybridized carbons (Fsp3) is 0.400. The third-order valence-corrected chi connectivity index (χ3v) is 3.69. The number of aliphatic hydroxyl groups is 1. The van der Waals surface area contributed by atoms with Crippen LogP contribution in [0.1, 0.15) is 42.7 Å². The summed E-state index contributed by atoms with van der Waals surface area (Å²) < 4.78 is 14.7. The second-order valence-corrected chi connectivity index (χ2v) is 5.58. The second-order valence-electron chi connectivity index (χ2n) is 5.22. The molecule has 5 heteroatoms. The molecule has 0 aliphatic rings. The Morgan fingerprint density at radius 1 is 1.40 bits per heavy atom. The van der Waals surface area contributed by atoms with Crippen LogP contribution in [-0.2, 0) is 13.5 Å². The lowest BCUT2D eigenvalue weighted by molar-refractivity contribution is 0.177. The van der Waals surface area contributed by atoms with Gasteiger partial charge in [0.05, 0.1) is 11.8 Å². The van der Waals surface area contributed by atoms with Gasteiger partial charge in [-0.1, -0.05) is 37.6 Å². The van der Waals surface area contributed by atoms with Crippen molar-refractivity contribution in [2.24, 2.45) is 7.05 Å². The predicted molar refractivity (Wildman–Crippen MR) is 77.4 cm³/mol. The quantitative estimate of drug-likeness (QED) is 0.936. The first-order valence-electron chi connectivity index (χ1n) is 6.55. The summed E-state index contributed by atoms with van der Waals surface area (Å²) in [5.74, 6) is -0.151. The van der Waals surface area contributed by atoms with E-state index in [1.165, 1.54) is 12.1 Å². The van der Waals surface area contributed by atoms with Crippen molar-refractivity contribution >= 4 is 11.6 Å². The molecule has 1 heterocycles. The summed E-state index contributed by atoms with van der Waals surface area (Å²) in [6.07, 6.45) is -0.488. The Kier molecular flexibility index (Phi) is 4.45. The second kappa shape index (κ2) is 5.94. The van der Waals surface area contributed by atoms with Crippen molar-refractivity contribution in [3.8, 4) is 0 Å². The summed E-state index contributed by atoms with van der Waals surface area (Å²) in [6.45, 7) is 3.99. The minimum absolute atomic E-state index is 0.158. The smallest absolute Gasteiger partial charge is 0.132 e. The number of halogens is 2. The van der Waals surface area contributed by atoms with E-state index in [0.29, 0.717) is 17.1 Å². The molecular weight excluding hydrogens is 279 g/mol. The Labute approximate surface area is 123 Å². The number of hydrogen-bond donors (Lipinski definition) is 1. The van der Waals surface area contributed by atoms with Gasteiger partial charge in [0.1, 0.15) is 11.0 Å². The van der Waals surface area contributed by atoms with Gasteiger partial charge in [-0.05, 0) is 23.6 Å². The molecule has 3 nitrogen and oxygen atoms in total. The van der Waals surface area contributed by atoms with Crippen LogP contribution in [0.2, 0.25) is 5.15 Å². The number of hydrogen-bond acceptors (Lipinski definition) is 2. The maximum absolute atomic E-state index is 13.2. The lowest BCUT2D eigenvalue weighted by atomic mass is 9.97. The highest BCUT2D eigenvalue weighted by molar-refractivity contribution is 6.30.